The molecule has 1 aliphatic carbocycles. The van der Waals surface area contributed by atoms with Gasteiger partial charge in [0.1, 0.15) is 17.4 Å². The summed E-state index contributed by atoms with van der Waals surface area (Å²) in [6, 6.07) is 13.8. The molecule has 10 heteroatoms. The van der Waals surface area contributed by atoms with Gasteiger partial charge in [-0.05, 0) is 49.1 Å². The molecule has 2 N–H and O–H groups in total. The fourth-order valence-corrected chi connectivity index (χ4v) is 4.72. The Balaban J connectivity index is 1.31. The minimum absolute atomic E-state index is 0.0444. The van der Waals surface area contributed by atoms with E-state index in [9.17, 15) is 9.18 Å². The van der Waals surface area contributed by atoms with E-state index in [1.807, 2.05) is 25.1 Å². The van der Waals surface area contributed by atoms with Crippen LogP contribution in [0.1, 0.15) is 28.8 Å². The Morgan fingerprint density at radius 1 is 1.15 bits per heavy atom. The minimum atomic E-state index is -0.385. The van der Waals surface area contributed by atoms with E-state index in [4.69, 9.17) is 14.5 Å². The Morgan fingerprint density at radius 2 is 2.00 bits per heavy atom. The number of halogens is 1. The maximum Gasteiger partial charge on any atom is 0.251 e. The standard InChI is InChI=1S/C29H31FN6O3/c1-19-15-20(5-8-24(19)29(37)33-22-6-7-22)25-18-32-36-26(31-9-10-35-11-13-38-14-12-35)17-27(34-28(25)36)39-23-4-2-3-21(30)16-23/h2-5,8,15-18,22,31H,6-7,9-14H2,1H3,(H,33,37). The van der Waals surface area contributed by atoms with Crippen molar-refractivity contribution in [1.82, 2.24) is 24.8 Å². The molecule has 39 heavy (non-hydrogen) atoms. The molecule has 0 bridgehead atoms. The molecule has 0 radical (unpaired) electrons. The molecule has 1 aliphatic heterocycles. The largest absolute Gasteiger partial charge is 0.439 e. The van der Waals surface area contributed by atoms with Crippen LogP contribution in [-0.2, 0) is 4.74 Å². The van der Waals surface area contributed by atoms with Gasteiger partial charge in [-0.3, -0.25) is 9.69 Å². The van der Waals surface area contributed by atoms with Crippen LogP contribution in [0.25, 0.3) is 16.8 Å². The number of ether oxygens (including phenoxy) is 2. The van der Waals surface area contributed by atoms with Gasteiger partial charge in [-0.1, -0.05) is 18.2 Å². The van der Waals surface area contributed by atoms with Crippen LogP contribution in [-0.4, -0.2) is 70.8 Å². The van der Waals surface area contributed by atoms with Gasteiger partial charge in [-0.2, -0.15) is 14.6 Å². The lowest BCUT2D eigenvalue weighted by molar-refractivity contribution is 0.0398. The summed E-state index contributed by atoms with van der Waals surface area (Å²) >= 11 is 0. The zero-order valence-corrected chi connectivity index (χ0v) is 21.8. The number of fused-ring (bicyclic) bond motifs is 1. The fourth-order valence-electron chi connectivity index (χ4n) is 4.72. The molecule has 6 rings (SSSR count). The molecule has 202 valence electrons. The maximum absolute atomic E-state index is 13.8. The smallest absolute Gasteiger partial charge is 0.251 e. The van der Waals surface area contributed by atoms with Gasteiger partial charge in [0.05, 0.1) is 19.4 Å². The molecule has 2 aromatic carbocycles. The first-order valence-electron chi connectivity index (χ1n) is 13.3. The van der Waals surface area contributed by atoms with Crippen molar-refractivity contribution in [1.29, 1.82) is 0 Å². The molecule has 3 heterocycles. The van der Waals surface area contributed by atoms with Crippen LogP contribution in [0.3, 0.4) is 0 Å². The first-order chi connectivity index (χ1) is 19.0. The van der Waals surface area contributed by atoms with E-state index in [0.29, 0.717) is 41.2 Å². The van der Waals surface area contributed by atoms with Gasteiger partial charge < -0.3 is 20.1 Å². The number of nitrogens with zero attached hydrogens (tertiary/aromatic N) is 4. The third-order valence-electron chi connectivity index (χ3n) is 7.00. The van der Waals surface area contributed by atoms with Crippen LogP contribution in [0.4, 0.5) is 10.2 Å². The molecule has 1 saturated carbocycles. The second-order valence-corrected chi connectivity index (χ2v) is 9.99. The second kappa shape index (κ2) is 11.0. The van der Waals surface area contributed by atoms with E-state index >= 15 is 0 Å². The molecule has 1 amide bonds. The monoisotopic (exact) mass is 530 g/mol. The number of aryl methyl sites for hydroxylation is 1. The third-order valence-corrected chi connectivity index (χ3v) is 7.00. The van der Waals surface area contributed by atoms with Crippen molar-refractivity contribution in [3.63, 3.8) is 0 Å². The number of amides is 1. The predicted molar refractivity (Wildman–Crippen MR) is 146 cm³/mol. The fraction of sp³-hybridized carbons (Fsp3) is 0.345. The Kier molecular flexibility index (Phi) is 7.12. The number of morpholine rings is 1. The number of hydrogen-bond donors (Lipinski definition) is 2. The van der Waals surface area contributed by atoms with E-state index in [-0.39, 0.29) is 11.7 Å². The van der Waals surface area contributed by atoms with Crippen LogP contribution >= 0.6 is 0 Å². The molecule has 9 nitrogen and oxygen atoms in total. The van der Waals surface area contributed by atoms with Crippen molar-refractivity contribution in [3.05, 3.63) is 71.7 Å². The Hall–Kier alpha value is -4.02. The van der Waals surface area contributed by atoms with E-state index in [0.717, 1.165) is 62.4 Å². The number of anilines is 1. The predicted octanol–water partition coefficient (Wildman–Crippen LogP) is 4.27. The number of hydrogen-bond acceptors (Lipinski definition) is 7. The highest BCUT2D eigenvalue weighted by atomic mass is 19.1. The van der Waals surface area contributed by atoms with Crippen molar-refractivity contribution in [2.45, 2.75) is 25.8 Å². The first kappa shape index (κ1) is 25.3. The van der Waals surface area contributed by atoms with Gasteiger partial charge in [0.2, 0.25) is 5.88 Å². The van der Waals surface area contributed by atoms with Gasteiger partial charge in [-0.25, -0.2) is 4.39 Å². The quantitative estimate of drug-likeness (QED) is 0.334. The lowest BCUT2D eigenvalue weighted by atomic mass is 10.0. The summed E-state index contributed by atoms with van der Waals surface area (Å²) in [5, 5.41) is 11.1. The first-order valence-corrected chi connectivity index (χ1v) is 13.3. The number of aromatic nitrogens is 3. The average Bonchev–Trinajstić information content (AvgIpc) is 3.64. The van der Waals surface area contributed by atoms with Gasteiger partial charge in [0, 0.05) is 55.5 Å². The maximum atomic E-state index is 13.8. The van der Waals surface area contributed by atoms with Crippen molar-refractivity contribution >= 4 is 17.4 Å². The second-order valence-electron chi connectivity index (χ2n) is 9.99. The number of carbonyl (C=O) groups excluding carboxylic acids is 1. The molecule has 1 saturated heterocycles. The summed E-state index contributed by atoms with van der Waals surface area (Å²) in [6.07, 6.45) is 3.85. The molecule has 2 fully saturated rings. The van der Waals surface area contributed by atoms with Crippen molar-refractivity contribution in [2.75, 3.05) is 44.7 Å². The molecular weight excluding hydrogens is 499 g/mol. The number of rotatable bonds is 9. The Bertz CT molecular complexity index is 1500. The van der Waals surface area contributed by atoms with Gasteiger partial charge >= 0.3 is 0 Å². The highest BCUT2D eigenvalue weighted by molar-refractivity contribution is 5.97. The minimum Gasteiger partial charge on any atom is -0.439 e. The average molecular weight is 531 g/mol. The van der Waals surface area contributed by atoms with Crippen LogP contribution in [0.5, 0.6) is 11.6 Å². The molecule has 4 aromatic rings. The van der Waals surface area contributed by atoms with Crippen molar-refractivity contribution in [3.8, 4) is 22.8 Å². The lowest BCUT2D eigenvalue weighted by Gasteiger charge is -2.26. The van der Waals surface area contributed by atoms with Gasteiger partial charge in [0.25, 0.3) is 5.91 Å². The lowest BCUT2D eigenvalue weighted by Crippen LogP contribution is -2.39. The topological polar surface area (TPSA) is 93.0 Å². The molecule has 0 atom stereocenters. The van der Waals surface area contributed by atoms with E-state index in [1.54, 1.807) is 28.9 Å². The molecule has 0 spiro atoms. The number of nitrogens with one attached hydrogen (secondary N) is 2. The third kappa shape index (κ3) is 5.86. The molecule has 2 aliphatic rings. The van der Waals surface area contributed by atoms with Crippen LogP contribution in [0.15, 0.2) is 54.7 Å². The summed E-state index contributed by atoms with van der Waals surface area (Å²) in [4.78, 5) is 19.7. The summed E-state index contributed by atoms with van der Waals surface area (Å²) in [5.41, 5.74) is 3.82. The van der Waals surface area contributed by atoms with E-state index in [1.165, 1.54) is 12.1 Å². The van der Waals surface area contributed by atoms with E-state index in [2.05, 4.69) is 20.6 Å². The zero-order valence-electron chi connectivity index (χ0n) is 21.8. The summed E-state index contributed by atoms with van der Waals surface area (Å²) in [5.74, 6) is 0.957. The van der Waals surface area contributed by atoms with Crippen molar-refractivity contribution < 1.29 is 18.7 Å². The highest BCUT2D eigenvalue weighted by Crippen LogP contribution is 2.31. The highest BCUT2D eigenvalue weighted by Gasteiger charge is 2.24. The Morgan fingerprint density at radius 3 is 2.77 bits per heavy atom. The van der Waals surface area contributed by atoms with Crippen LogP contribution < -0.4 is 15.4 Å². The normalized spacial score (nSPS) is 15.8. The van der Waals surface area contributed by atoms with Crippen molar-refractivity contribution in [2.24, 2.45) is 0 Å². The van der Waals surface area contributed by atoms with Crippen LogP contribution in [0, 0.1) is 12.7 Å². The van der Waals surface area contributed by atoms with Gasteiger partial charge in [-0.15, -0.1) is 0 Å². The molecule has 0 unspecified atom stereocenters. The number of carbonyl (C=O) groups is 1. The SMILES string of the molecule is Cc1cc(-c2cnn3c(NCCN4CCOCC4)cc(Oc4cccc(F)c4)nc23)ccc1C(=O)NC1CC1. The molecule has 2 aromatic heterocycles. The van der Waals surface area contributed by atoms with Gasteiger partial charge in [0.15, 0.2) is 5.65 Å². The summed E-state index contributed by atoms with van der Waals surface area (Å²) in [6.45, 7) is 6.77. The molecular formula is C29H31FN6O3. The number of benzene rings is 2. The summed E-state index contributed by atoms with van der Waals surface area (Å²) in [7, 11) is 0. The summed E-state index contributed by atoms with van der Waals surface area (Å²) < 4.78 is 27.0. The zero-order chi connectivity index (χ0) is 26.8. The Labute approximate surface area is 225 Å². The van der Waals surface area contributed by atoms with Crippen LogP contribution in [0.2, 0.25) is 0 Å². The van der Waals surface area contributed by atoms with E-state index < -0.39 is 0 Å².